The molecule has 1 aromatic rings. The van der Waals surface area contributed by atoms with Crippen molar-refractivity contribution in [3.8, 4) is 0 Å². The summed E-state index contributed by atoms with van der Waals surface area (Å²) in [6.45, 7) is -0.224. The van der Waals surface area contributed by atoms with Crippen LogP contribution in [-0.4, -0.2) is 28.9 Å². The lowest BCUT2D eigenvalue weighted by molar-refractivity contribution is -0.387. The Kier molecular flexibility index (Phi) is 4.84. The number of carbonyl (C=O) groups is 1. The average Bonchev–Trinajstić information content (AvgIpc) is 3.24. The van der Waals surface area contributed by atoms with Crippen LogP contribution in [0.5, 0.6) is 0 Å². The number of nitro benzene ring substituents is 1. The van der Waals surface area contributed by atoms with Gasteiger partial charge in [-0.3, -0.25) is 14.9 Å². The second-order valence-electron chi connectivity index (χ2n) is 5.26. The van der Waals surface area contributed by atoms with Gasteiger partial charge in [0.05, 0.1) is 30.0 Å². The van der Waals surface area contributed by atoms with Gasteiger partial charge in [-0.2, -0.15) is 0 Å². The zero-order valence-corrected chi connectivity index (χ0v) is 12.5. The number of esters is 1. The van der Waals surface area contributed by atoms with Gasteiger partial charge in [-0.15, -0.1) is 11.8 Å². The summed E-state index contributed by atoms with van der Waals surface area (Å²) in [5, 5.41) is 20.1. The molecule has 6 nitrogen and oxygen atoms in total. The molecule has 0 bridgehead atoms. The smallest absolute Gasteiger partial charge is 0.306 e. The molecule has 1 aromatic carbocycles. The molecule has 1 saturated carbocycles. The summed E-state index contributed by atoms with van der Waals surface area (Å²) >= 11 is 1.39. The van der Waals surface area contributed by atoms with Gasteiger partial charge in [0.1, 0.15) is 0 Å². The van der Waals surface area contributed by atoms with Crippen LogP contribution in [-0.2, 0) is 16.1 Å². The number of nitrogens with zero attached hydrogens (tertiary/aromatic N) is 1. The highest BCUT2D eigenvalue weighted by Crippen LogP contribution is 2.52. The van der Waals surface area contributed by atoms with Crippen molar-refractivity contribution in [2.24, 2.45) is 5.41 Å². The number of carbonyl (C=O) groups excluding carboxylic acids is 1. The Morgan fingerprint density at radius 2 is 2.24 bits per heavy atom. The summed E-state index contributed by atoms with van der Waals surface area (Å²) in [5.41, 5.74) is 0.434. The van der Waals surface area contributed by atoms with E-state index in [4.69, 9.17) is 5.11 Å². The second-order valence-corrected chi connectivity index (χ2v) is 6.28. The standard InChI is InChI=1S/C14H17NO5S/c1-20-13(17)7-14(4-5-14)9-21-12-3-2-10(8-16)6-11(12)15(18)19/h2-3,6,16H,4-5,7-9H2,1H3. The van der Waals surface area contributed by atoms with Crippen molar-refractivity contribution in [3.05, 3.63) is 33.9 Å². The Morgan fingerprint density at radius 3 is 2.76 bits per heavy atom. The van der Waals surface area contributed by atoms with Crippen LogP contribution in [0.25, 0.3) is 0 Å². The maximum Gasteiger partial charge on any atom is 0.306 e. The third-order valence-electron chi connectivity index (χ3n) is 3.64. The van der Waals surface area contributed by atoms with Gasteiger partial charge in [0.15, 0.2) is 0 Å². The minimum atomic E-state index is -0.443. The maximum absolute atomic E-state index is 11.4. The van der Waals surface area contributed by atoms with Gasteiger partial charge in [-0.05, 0) is 29.9 Å². The first-order valence-corrected chi connectivity index (χ1v) is 7.56. The number of benzene rings is 1. The number of hydrogen-bond donors (Lipinski definition) is 1. The quantitative estimate of drug-likeness (QED) is 0.360. The highest BCUT2D eigenvalue weighted by molar-refractivity contribution is 7.99. The van der Waals surface area contributed by atoms with Crippen molar-refractivity contribution in [1.82, 2.24) is 0 Å². The molecule has 0 unspecified atom stereocenters. The number of methoxy groups -OCH3 is 1. The van der Waals surface area contributed by atoms with E-state index in [-0.39, 0.29) is 23.7 Å². The fourth-order valence-corrected chi connectivity index (χ4v) is 3.38. The van der Waals surface area contributed by atoms with Gasteiger partial charge >= 0.3 is 5.97 Å². The van der Waals surface area contributed by atoms with E-state index in [1.807, 2.05) is 0 Å². The predicted molar refractivity (Wildman–Crippen MR) is 78.0 cm³/mol. The Hall–Kier alpha value is -1.60. The van der Waals surface area contributed by atoms with Crippen molar-refractivity contribution >= 4 is 23.4 Å². The lowest BCUT2D eigenvalue weighted by atomic mass is 10.1. The largest absolute Gasteiger partial charge is 0.469 e. The molecule has 0 aromatic heterocycles. The third-order valence-corrected chi connectivity index (χ3v) is 5.05. The Labute approximate surface area is 126 Å². The molecule has 0 heterocycles. The number of thioether (sulfide) groups is 1. The average molecular weight is 311 g/mol. The molecular weight excluding hydrogens is 294 g/mol. The highest BCUT2D eigenvalue weighted by Gasteiger charge is 2.44. The van der Waals surface area contributed by atoms with Crippen LogP contribution in [0.1, 0.15) is 24.8 Å². The zero-order chi connectivity index (χ0) is 15.5. The van der Waals surface area contributed by atoms with Gasteiger partial charge < -0.3 is 9.84 Å². The lowest BCUT2D eigenvalue weighted by Gasteiger charge is -2.13. The number of ether oxygens (including phenoxy) is 1. The van der Waals surface area contributed by atoms with Crippen LogP contribution in [0.4, 0.5) is 5.69 Å². The molecule has 0 radical (unpaired) electrons. The number of rotatable bonds is 7. The first-order valence-electron chi connectivity index (χ1n) is 6.57. The molecule has 0 atom stereocenters. The first-order chi connectivity index (χ1) is 9.99. The van der Waals surface area contributed by atoms with Gasteiger partial charge in [0.25, 0.3) is 5.69 Å². The first kappa shape index (κ1) is 15.8. The summed E-state index contributed by atoms with van der Waals surface area (Å²) in [7, 11) is 1.37. The topological polar surface area (TPSA) is 89.7 Å². The van der Waals surface area contributed by atoms with E-state index in [0.717, 1.165) is 12.8 Å². The zero-order valence-electron chi connectivity index (χ0n) is 11.7. The summed E-state index contributed by atoms with van der Waals surface area (Å²) < 4.78 is 4.69. The Balaban J connectivity index is 2.06. The van der Waals surface area contributed by atoms with Crippen LogP contribution in [0.3, 0.4) is 0 Å². The minimum absolute atomic E-state index is 0.000387. The minimum Gasteiger partial charge on any atom is -0.469 e. The molecule has 0 amide bonds. The number of aliphatic hydroxyl groups excluding tert-OH is 1. The van der Waals surface area contributed by atoms with Gasteiger partial charge in [-0.25, -0.2) is 0 Å². The van der Waals surface area contributed by atoms with Gasteiger partial charge in [-0.1, -0.05) is 6.07 Å². The van der Waals surface area contributed by atoms with E-state index in [1.54, 1.807) is 12.1 Å². The van der Waals surface area contributed by atoms with Crippen LogP contribution in [0.2, 0.25) is 0 Å². The SMILES string of the molecule is COC(=O)CC1(CSc2ccc(CO)cc2[N+](=O)[O-])CC1. The van der Waals surface area contributed by atoms with Crippen molar-refractivity contribution in [2.75, 3.05) is 12.9 Å². The summed E-state index contributed by atoms with van der Waals surface area (Å²) in [6, 6.07) is 4.72. The normalized spacial score (nSPS) is 15.5. The van der Waals surface area contributed by atoms with Crippen LogP contribution in [0.15, 0.2) is 23.1 Å². The molecule has 1 N–H and O–H groups in total. The molecule has 21 heavy (non-hydrogen) atoms. The van der Waals surface area contributed by atoms with Crippen LogP contribution < -0.4 is 0 Å². The fraction of sp³-hybridized carbons (Fsp3) is 0.500. The summed E-state index contributed by atoms with van der Waals surface area (Å²) in [5.74, 6) is 0.416. The maximum atomic E-state index is 11.4. The second kappa shape index (κ2) is 6.44. The molecule has 0 spiro atoms. The van der Waals surface area contributed by atoms with Crippen molar-refractivity contribution in [1.29, 1.82) is 0 Å². The number of hydrogen-bond acceptors (Lipinski definition) is 6. The monoisotopic (exact) mass is 311 g/mol. The lowest BCUT2D eigenvalue weighted by Crippen LogP contribution is -2.13. The molecule has 1 fully saturated rings. The van der Waals surface area contributed by atoms with Crippen molar-refractivity contribution in [3.63, 3.8) is 0 Å². The Bertz CT molecular complexity index is 556. The molecule has 2 rings (SSSR count). The van der Waals surface area contributed by atoms with E-state index >= 15 is 0 Å². The molecule has 114 valence electrons. The molecule has 0 aliphatic heterocycles. The predicted octanol–water partition coefficient (Wildman–Crippen LogP) is 2.52. The van der Waals surface area contributed by atoms with Crippen molar-refractivity contribution in [2.45, 2.75) is 30.8 Å². The molecule has 1 aliphatic rings. The molecule has 7 heteroatoms. The van der Waals surface area contributed by atoms with E-state index in [0.29, 0.717) is 22.6 Å². The summed E-state index contributed by atoms with van der Waals surface area (Å²) in [4.78, 5) is 22.6. The Morgan fingerprint density at radius 1 is 1.52 bits per heavy atom. The number of nitro groups is 1. The number of aliphatic hydroxyl groups is 1. The molecule has 0 saturated heterocycles. The fourth-order valence-electron chi connectivity index (χ4n) is 2.08. The van der Waals surface area contributed by atoms with E-state index < -0.39 is 4.92 Å². The molecular formula is C14H17NO5S. The van der Waals surface area contributed by atoms with E-state index in [1.165, 1.54) is 24.9 Å². The van der Waals surface area contributed by atoms with Gasteiger partial charge in [0.2, 0.25) is 0 Å². The highest BCUT2D eigenvalue weighted by atomic mass is 32.2. The molecule has 1 aliphatic carbocycles. The van der Waals surface area contributed by atoms with E-state index in [9.17, 15) is 14.9 Å². The van der Waals surface area contributed by atoms with Crippen molar-refractivity contribution < 1.29 is 19.6 Å². The van der Waals surface area contributed by atoms with Crippen LogP contribution in [0, 0.1) is 15.5 Å². The van der Waals surface area contributed by atoms with Crippen LogP contribution >= 0.6 is 11.8 Å². The van der Waals surface area contributed by atoms with E-state index in [2.05, 4.69) is 4.74 Å². The third kappa shape index (κ3) is 3.95. The van der Waals surface area contributed by atoms with Gasteiger partial charge in [0, 0.05) is 11.8 Å². The summed E-state index contributed by atoms with van der Waals surface area (Å²) in [6.07, 6.45) is 2.24.